The first-order valence-corrected chi connectivity index (χ1v) is 8.91. The van der Waals surface area contributed by atoms with E-state index in [4.69, 9.17) is 0 Å². The van der Waals surface area contributed by atoms with Crippen LogP contribution in [0.3, 0.4) is 0 Å². The average Bonchev–Trinajstić information content (AvgIpc) is 3.20. The van der Waals surface area contributed by atoms with Gasteiger partial charge in [-0.25, -0.2) is 4.79 Å². The Morgan fingerprint density at radius 1 is 1.33 bits per heavy atom. The molecule has 3 unspecified atom stereocenters. The van der Waals surface area contributed by atoms with Crippen LogP contribution in [0.1, 0.15) is 50.2 Å². The van der Waals surface area contributed by atoms with Gasteiger partial charge in [0.1, 0.15) is 0 Å². The van der Waals surface area contributed by atoms with Gasteiger partial charge in [-0.05, 0) is 59.9 Å². The largest absolute Gasteiger partial charge is 0.387 e. The molecule has 2 aliphatic carbocycles. The van der Waals surface area contributed by atoms with Gasteiger partial charge < -0.3 is 15.7 Å². The molecular weight excluding hydrogens is 284 g/mol. The van der Waals surface area contributed by atoms with E-state index in [9.17, 15) is 9.90 Å². The molecule has 4 nitrogen and oxygen atoms in total. The Morgan fingerprint density at radius 3 is 2.90 bits per heavy atom. The monoisotopic (exact) mass is 308 g/mol. The van der Waals surface area contributed by atoms with Gasteiger partial charge in [-0.2, -0.15) is 11.3 Å². The molecule has 2 amide bonds. The minimum Gasteiger partial charge on any atom is -0.387 e. The van der Waals surface area contributed by atoms with E-state index in [1.807, 2.05) is 16.8 Å². The molecule has 0 saturated heterocycles. The molecule has 0 radical (unpaired) electrons. The van der Waals surface area contributed by atoms with Crippen molar-refractivity contribution < 1.29 is 9.90 Å². The van der Waals surface area contributed by atoms with Crippen molar-refractivity contribution in [2.45, 2.75) is 50.7 Å². The van der Waals surface area contributed by atoms with E-state index in [0.717, 1.165) is 30.2 Å². The number of thiophene rings is 1. The van der Waals surface area contributed by atoms with Crippen molar-refractivity contribution in [3.63, 3.8) is 0 Å². The van der Waals surface area contributed by atoms with Crippen molar-refractivity contribution in [1.29, 1.82) is 0 Å². The molecule has 1 aromatic heterocycles. The van der Waals surface area contributed by atoms with Crippen molar-refractivity contribution in [2.75, 3.05) is 6.54 Å². The van der Waals surface area contributed by atoms with E-state index >= 15 is 0 Å². The lowest BCUT2D eigenvalue weighted by Gasteiger charge is -2.30. The molecule has 3 rings (SSSR count). The fourth-order valence-electron chi connectivity index (χ4n) is 3.36. The molecule has 21 heavy (non-hydrogen) atoms. The van der Waals surface area contributed by atoms with Crippen LogP contribution in [-0.4, -0.2) is 23.7 Å². The molecule has 2 fully saturated rings. The molecule has 0 aromatic carbocycles. The molecule has 2 aliphatic rings. The third-order valence-electron chi connectivity index (χ3n) is 4.72. The molecule has 0 aliphatic heterocycles. The second-order valence-electron chi connectivity index (χ2n) is 6.39. The number of rotatable bonds is 5. The van der Waals surface area contributed by atoms with E-state index in [1.165, 1.54) is 25.7 Å². The van der Waals surface area contributed by atoms with Crippen LogP contribution in [0.2, 0.25) is 0 Å². The summed E-state index contributed by atoms with van der Waals surface area (Å²) in [4.78, 5) is 11.9. The highest BCUT2D eigenvalue weighted by Crippen LogP contribution is 2.43. The summed E-state index contributed by atoms with van der Waals surface area (Å²) >= 11 is 1.55. The van der Waals surface area contributed by atoms with Crippen LogP contribution in [0, 0.1) is 11.8 Å². The predicted octanol–water partition coefficient (Wildman–Crippen LogP) is 3.05. The highest BCUT2D eigenvalue weighted by molar-refractivity contribution is 7.07. The Balaban J connectivity index is 1.39. The van der Waals surface area contributed by atoms with Crippen LogP contribution in [0.25, 0.3) is 0 Å². The zero-order chi connectivity index (χ0) is 14.7. The summed E-state index contributed by atoms with van der Waals surface area (Å²) in [5.41, 5.74) is 0.867. The molecular formula is C16H24N2O2S. The zero-order valence-corrected chi connectivity index (χ0v) is 13.1. The number of carbonyl (C=O) groups is 1. The van der Waals surface area contributed by atoms with Crippen molar-refractivity contribution >= 4 is 17.4 Å². The maximum atomic E-state index is 11.9. The molecule has 3 atom stereocenters. The molecule has 0 bridgehead atoms. The smallest absolute Gasteiger partial charge is 0.315 e. The Bertz CT molecular complexity index is 459. The summed E-state index contributed by atoms with van der Waals surface area (Å²) in [6, 6.07) is 2.05. The first kappa shape index (κ1) is 14.9. The number of hydrogen-bond donors (Lipinski definition) is 3. The van der Waals surface area contributed by atoms with Gasteiger partial charge in [-0.3, -0.25) is 0 Å². The van der Waals surface area contributed by atoms with E-state index in [0.29, 0.717) is 6.04 Å². The fourth-order valence-corrected chi connectivity index (χ4v) is 4.07. The molecule has 1 aromatic rings. The third-order valence-corrected chi connectivity index (χ3v) is 5.42. The minimum atomic E-state index is -0.618. The minimum absolute atomic E-state index is 0.147. The van der Waals surface area contributed by atoms with Gasteiger partial charge in [0.25, 0.3) is 0 Å². The first-order valence-electron chi connectivity index (χ1n) is 7.97. The van der Waals surface area contributed by atoms with Gasteiger partial charge in [0.2, 0.25) is 0 Å². The maximum absolute atomic E-state index is 11.9. The number of aliphatic hydroxyl groups is 1. The number of nitrogens with one attached hydrogen (secondary N) is 2. The Kier molecular flexibility index (Phi) is 4.80. The Labute approximate surface area is 129 Å². The van der Waals surface area contributed by atoms with E-state index in [-0.39, 0.29) is 12.6 Å². The van der Waals surface area contributed by atoms with Crippen molar-refractivity contribution in [3.8, 4) is 0 Å². The quantitative estimate of drug-likeness (QED) is 0.783. The lowest BCUT2D eigenvalue weighted by molar-refractivity contribution is 0.171. The SMILES string of the molecule is O=C(NCC(O)c1ccsc1)NC1CCCC(C2CC2)C1. The topological polar surface area (TPSA) is 61.4 Å². The van der Waals surface area contributed by atoms with Gasteiger partial charge in [0.05, 0.1) is 6.10 Å². The fraction of sp³-hybridized carbons (Fsp3) is 0.688. The van der Waals surface area contributed by atoms with Crippen LogP contribution in [-0.2, 0) is 0 Å². The highest BCUT2D eigenvalue weighted by Gasteiger charge is 2.35. The third kappa shape index (κ3) is 4.20. The summed E-state index contributed by atoms with van der Waals surface area (Å²) in [7, 11) is 0. The summed E-state index contributed by atoms with van der Waals surface area (Å²) in [6.07, 6.45) is 6.93. The van der Waals surface area contributed by atoms with E-state index in [1.54, 1.807) is 11.3 Å². The van der Waals surface area contributed by atoms with Gasteiger partial charge in [0, 0.05) is 12.6 Å². The second-order valence-corrected chi connectivity index (χ2v) is 7.17. The van der Waals surface area contributed by atoms with Gasteiger partial charge >= 0.3 is 6.03 Å². The van der Waals surface area contributed by atoms with Gasteiger partial charge in [-0.15, -0.1) is 0 Å². The van der Waals surface area contributed by atoms with Crippen LogP contribution in [0.4, 0.5) is 4.79 Å². The summed E-state index contributed by atoms with van der Waals surface area (Å²) in [5.74, 6) is 1.75. The van der Waals surface area contributed by atoms with Crippen LogP contribution in [0.15, 0.2) is 16.8 Å². The normalized spacial score (nSPS) is 27.1. The molecule has 2 saturated carbocycles. The van der Waals surface area contributed by atoms with Crippen molar-refractivity contribution in [3.05, 3.63) is 22.4 Å². The Morgan fingerprint density at radius 2 is 2.19 bits per heavy atom. The lowest BCUT2D eigenvalue weighted by Crippen LogP contribution is -2.45. The number of aliphatic hydroxyl groups excluding tert-OH is 1. The Hall–Kier alpha value is -1.07. The molecule has 1 heterocycles. The zero-order valence-electron chi connectivity index (χ0n) is 12.3. The highest BCUT2D eigenvalue weighted by atomic mass is 32.1. The molecule has 116 valence electrons. The number of amides is 2. The van der Waals surface area contributed by atoms with E-state index in [2.05, 4.69) is 10.6 Å². The van der Waals surface area contributed by atoms with Crippen LogP contribution < -0.4 is 10.6 Å². The van der Waals surface area contributed by atoms with Crippen LogP contribution in [0.5, 0.6) is 0 Å². The van der Waals surface area contributed by atoms with Gasteiger partial charge in [0.15, 0.2) is 0 Å². The predicted molar refractivity (Wildman–Crippen MR) is 84.3 cm³/mol. The molecule has 5 heteroatoms. The summed E-state index contributed by atoms with van der Waals surface area (Å²) < 4.78 is 0. The first-order chi connectivity index (χ1) is 10.2. The standard InChI is InChI=1S/C16H24N2O2S/c19-15(13-6-7-21-10-13)9-17-16(20)18-14-3-1-2-12(8-14)11-4-5-11/h6-7,10-12,14-15,19H,1-5,8-9H2,(H2,17,18,20). The summed E-state index contributed by atoms with van der Waals surface area (Å²) in [5, 5.41) is 19.6. The second kappa shape index (κ2) is 6.79. The maximum Gasteiger partial charge on any atom is 0.315 e. The molecule has 0 spiro atoms. The summed E-state index contributed by atoms with van der Waals surface area (Å²) in [6.45, 7) is 0.265. The van der Waals surface area contributed by atoms with Gasteiger partial charge in [-0.1, -0.05) is 12.8 Å². The number of hydrogen-bond acceptors (Lipinski definition) is 3. The lowest BCUT2D eigenvalue weighted by atomic mass is 9.83. The molecule has 3 N–H and O–H groups in total. The number of urea groups is 1. The van der Waals surface area contributed by atoms with Crippen molar-refractivity contribution in [2.24, 2.45) is 11.8 Å². The van der Waals surface area contributed by atoms with Crippen molar-refractivity contribution in [1.82, 2.24) is 10.6 Å². The number of carbonyl (C=O) groups excluding carboxylic acids is 1. The average molecular weight is 308 g/mol. The van der Waals surface area contributed by atoms with E-state index < -0.39 is 6.10 Å². The van der Waals surface area contributed by atoms with Crippen LogP contribution >= 0.6 is 11.3 Å².